The molecule has 2 rings (SSSR count). The summed E-state index contributed by atoms with van der Waals surface area (Å²) in [7, 11) is 1.69. The molecule has 1 heterocycles. The minimum Gasteiger partial charge on any atom is -0.314 e. The molecule has 0 aromatic heterocycles. The first-order valence-corrected chi connectivity index (χ1v) is 12.2. The third-order valence-corrected chi connectivity index (χ3v) is 6.89. The highest BCUT2D eigenvalue weighted by atomic mass is 32.2. The average molecular weight is 439 g/mol. The number of piperidine rings is 1. The van der Waals surface area contributed by atoms with E-state index in [1.54, 1.807) is 29.0 Å². The van der Waals surface area contributed by atoms with Crippen LogP contribution in [0.25, 0.3) is 0 Å². The van der Waals surface area contributed by atoms with Crippen molar-refractivity contribution < 1.29 is 18.0 Å². The van der Waals surface area contributed by atoms with Gasteiger partial charge in [0.1, 0.15) is 6.04 Å². The van der Waals surface area contributed by atoms with Crippen molar-refractivity contribution >= 4 is 33.2 Å². The highest BCUT2D eigenvalue weighted by Gasteiger charge is 2.35. The molecule has 0 radical (unpaired) electrons. The summed E-state index contributed by atoms with van der Waals surface area (Å²) < 4.78 is 24.9. The molecule has 1 aliphatic heterocycles. The van der Waals surface area contributed by atoms with Crippen molar-refractivity contribution in [2.45, 2.75) is 38.6 Å². The maximum absolute atomic E-state index is 12.9. The fraction of sp³-hybridized carbons (Fsp3) is 0.619. The van der Waals surface area contributed by atoms with Crippen LogP contribution in [0.4, 0.5) is 11.4 Å². The molecule has 0 aliphatic carbocycles. The van der Waals surface area contributed by atoms with Gasteiger partial charge in [-0.3, -0.25) is 14.5 Å². The minimum atomic E-state index is -3.45. The minimum absolute atomic E-state index is 0.00485. The van der Waals surface area contributed by atoms with Crippen molar-refractivity contribution in [2.75, 3.05) is 56.8 Å². The van der Waals surface area contributed by atoms with Crippen molar-refractivity contribution in [3.8, 4) is 0 Å². The number of amides is 2. The molecule has 1 aromatic rings. The molecule has 0 bridgehead atoms. The number of unbranched alkanes of at least 4 members (excludes halogenated alkanes) is 1. The summed E-state index contributed by atoms with van der Waals surface area (Å²) in [4.78, 5) is 30.7. The molecule has 9 heteroatoms. The number of hydrogen-bond donors (Lipinski definition) is 0. The van der Waals surface area contributed by atoms with E-state index in [0.717, 1.165) is 42.1 Å². The fourth-order valence-corrected chi connectivity index (χ4v) is 4.18. The first-order valence-electron chi connectivity index (χ1n) is 10.4. The smallest absolute Gasteiger partial charge is 0.245 e. The molecule has 1 atom stereocenters. The Morgan fingerprint density at radius 2 is 1.80 bits per heavy atom. The van der Waals surface area contributed by atoms with Crippen molar-refractivity contribution in [3.05, 3.63) is 24.3 Å². The van der Waals surface area contributed by atoms with E-state index < -0.39 is 16.1 Å². The molecule has 0 spiro atoms. The highest BCUT2D eigenvalue weighted by Crippen LogP contribution is 2.26. The van der Waals surface area contributed by atoms with Crippen LogP contribution in [0.1, 0.15) is 32.6 Å². The number of sulfonamides is 1. The molecule has 1 unspecified atom stereocenters. The van der Waals surface area contributed by atoms with Gasteiger partial charge in [0.25, 0.3) is 0 Å². The Kier molecular flexibility index (Phi) is 8.40. The summed E-state index contributed by atoms with van der Waals surface area (Å²) in [5.41, 5.74) is 1.46. The largest absolute Gasteiger partial charge is 0.314 e. The molecule has 1 aliphatic rings. The molecular weight excluding hydrogens is 404 g/mol. The quantitative estimate of drug-likeness (QED) is 0.587. The van der Waals surface area contributed by atoms with Gasteiger partial charge in [-0.2, -0.15) is 4.31 Å². The van der Waals surface area contributed by atoms with Crippen molar-refractivity contribution in [1.82, 2.24) is 9.21 Å². The van der Waals surface area contributed by atoms with Gasteiger partial charge in [-0.25, -0.2) is 8.42 Å². The van der Waals surface area contributed by atoms with Gasteiger partial charge in [0.05, 0.1) is 12.8 Å². The molecule has 2 amide bonds. The van der Waals surface area contributed by atoms with Gasteiger partial charge < -0.3 is 9.80 Å². The maximum atomic E-state index is 12.9. The van der Waals surface area contributed by atoms with E-state index in [1.807, 2.05) is 24.1 Å². The standard InChI is InChI=1S/C21H34N4O4S/c1-6-7-14-22(2)16-20(26)23(3)17-10-12-18(13-11-17)25-15-8-9-19(21(25)27)24(4)30(5,28)29/h10-13,19H,6-9,14-16H2,1-5H3. The van der Waals surface area contributed by atoms with Crippen LogP contribution in [-0.2, 0) is 19.6 Å². The summed E-state index contributed by atoms with van der Waals surface area (Å²) in [5.74, 6) is -0.214. The number of benzene rings is 1. The zero-order chi connectivity index (χ0) is 22.5. The van der Waals surface area contributed by atoms with Crippen LogP contribution in [0.3, 0.4) is 0 Å². The van der Waals surface area contributed by atoms with Crippen LogP contribution in [-0.4, -0.2) is 82.5 Å². The van der Waals surface area contributed by atoms with Gasteiger partial charge in [-0.1, -0.05) is 13.3 Å². The first-order chi connectivity index (χ1) is 14.1. The number of carbonyl (C=O) groups excluding carboxylic acids is 2. The summed E-state index contributed by atoms with van der Waals surface area (Å²) >= 11 is 0. The summed E-state index contributed by atoms with van der Waals surface area (Å²) in [6, 6.07) is 6.56. The van der Waals surface area contributed by atoms with Gasteiger partial charge >= 0.3 is 0 Å². The SMILES string of the molecule is CCCCN(C)CC(=O)N(C)c1ccc(N2CCCC(N(C)S(C)(=O)=O)C2=O)cc1. The number of nitrogens with zero attached hydrogens (tertiary/aromatic N) is 4. The lowest BCUT2D eigenvalue weighted by molar-refractivity contribution is -0.123. The second-order valence-electron chi connectivity index (χ2n) is 7.99. The number of likely N-dealkylation sites (N-methyl/N-ethyl adjacent to an activating group) is 3. The topological polar surface area (TPSA) is 81.2 Å². The lowest BCUT2D eigenvalue weighted by Gasteiger charge is -2.36. The monoisotopic (exact) mass is 438 g/mol. The average Bonchev–Trinajstić information content (AvgIpc) is 2.70. The Morgan fingerprint density at radius 1 is 1.17 bits per heavy atom. The van der Waals surface area contributed by atoms with Crippen LogP contribution in [0.15, 0.2) is 24.3 Å². The lowest BCUT2D eigenvalue weighted by Crippen LogP contribution is -2.52. The van der Waals surface area contributed by atoms with Gasteiger partial charge in [-0.05, 0) is 57.1 Å². The third-order valence-electron chi connectivity index (χ3n) is 5.59. The van der Waals surface area contributed by atoms with E-state index >= 15 is 0 Å². The molecule has 1 saturated heterocycles. The molecule has 8 nitrogen and oxygen atoms in total. The number of carbonyl (C=O) groups is 2. The Bertz CT molecular complexity index is 841. The predicted molar refractivity (Wildman–Crippen MR) is 120 cm³/mol. The third kappa shape index (κ3) is 6.02. The Morgan fingerprint density at radius 3 is 2.37 bits per heavy atom. The molecular formula is C21H34N4O4S. The number of rotatable bonds is 9. The fourth-order valence-electron chi connectivity index (χ4n) is 3.53. The van der Waals surface area contributed by atoms with Crippen LogP contribution in [0.2, 0.25) is 0 Å². The van der Waals surface area contributed by atoms with Crippen LogP contribution >= 0.6 is 0 Å². The van der Waals surface area contributed by atoms with E-state index in [9.17, 15) is 18.0 Å². The first kappa shape index (κ1) is 24.3. The summed E-state index contributed by atoms with van der Waals surface area (Å²) in [6.07, 6.45) is 4.49. The van der Waals surface area contributed by atoms with Gasteiger partial charge in [0.2, 0.25) is 21.8 Å². The van der Waals surface area contributed by atoms with Crippen molar-refractivity contribution in [2.24, 2.45) is 0 Å². The van der Waals surface area contributed by atoms with E-state index in [4.69, 9.17) is 0 Å². The molecule has 168 valence electrons. The zero-order valence-corrected chi connectivity index (χ0v) is 19.5. The Labute approximate surface area is 180 Å². The molecule has 1 fully saturated rings. The molecule has 30 heavy (non-hydrogen) atoms. The second kappa shape index (κ2) is 10.4. The van der Waals surface area contributed by atoms with E-state index in [2.05, 4.69) is 6.92 Å². The van der Waals surface area contributed by atoms with Crippen molar-refractivity contribution in [1.29, 1.82) is 0 Å². The summed E-state index contributed by atoms with van der Waals surface area (Å²) in [6.45, 7) is 3.90. The Hall–Kier alpha value is -1.97. The molecule has 1 aromatic carbocycles. The van der Waals surface area contributed by atoms with E-state index in [0.29, 0.717) is 25.2 Å². The molecule has 0 saturated carbocycles. The van der Waals surface area contributed by atoms with Gasteiger partial charge in [0.15, 0.2) is 0 Å². The number of hydrogen-bond acceptors (Lipinski definition) is 5. The van der Waals surface area contributed by atoms with Crippen LogP contribution in [0, 0.1) is 0 Å². The lowest BCUT2D eigenvalue weighted by atomic mass is 10.0. The van der Waals surface area contributed by atoms with Gasteiger partial charge in [-0.15, -0.1) is 0 Å². The van der Waals surface area contributed by atoms with Crippen molar-refractivity contribution in [3.63, 3.8) is 0 Å². The summed E-state index contributed by atoms with van der Waals surface area (Å²) in [5, 5.41) is 0. The normalized spacial score (nSPS) is 17.6. The Balaban J connectivity index is 2.07. The highest BCUT2D eigenvalue weighted by molar-refractivity contribution is 7.88. The van der Waals surface area contributed by atoms with Crippen LogP contribution in [0.5, 0.6) is 0 Å². The van der Waals surface area contributed by atoms with Gasteiger partial charge in [0, 0.05) is 32.0 Å². The zero-order valence-electron chi connectivity index (χ0n) is 18.7. The second-order valence-corrected chi connectivity index (χ2v) is 10.0. The molecule has 0 N–H and O–H groups in total. The maximum Gasteiger partial charge on any atom is 0.245 e. The van der Waals surface area contributed by atoms with E-state index in [1.165, 1.54) is 7.05 Å². The van der Waals surface area contributed by atoms with Crippen LogP contribution < -0.4 is 9.80 Å². The predicted octanol–water partition coefficient (Wildman–Crippen LogP) is 1.77. The number of anilines is 2. The van der Waals surface area contributed by atoms with E-state index in [-0.39, 0.29) is 11.8 Å².